The van der Waals surface area contributed by atoms with Gasteiger partial charge >= 0.3 is 0 Å². The van der Waals surface area contributed by atoms with E-state index in [1.54, 1.807) is 0 Å². The van der Waals surface area contributed by atoms with Crippen LogP contribution in [0.25, 0.3) is 0 Å². The molecule has 124 valence electrons. The molecule has 1 aromatic carbocycles. The van der Waals surface area contributed by atoms with E-state index in [0.29, 0.717) is 19.0 Å². The Morgan fingerprint density at radius 1 is 1.46 bits per heavy atom. The van der Waals surface area contributed by atoms with Crippen LogP contribution < -0.4 is 11.3 Å². The molecule has 7 nitrogen and oxygen atoms in total. The zero-order valence-corrected chi connectivity index (χ0v) is 13.3. The lowest BCUT2D eigenvalue weighted by Gasteiger charge is -2.30. The van der Waals surface area contributed by atoms with E-state index in [0.717, 1.165) is 17.3 Å². The number of rotatable bonds is 4. The van der Waals surface area contributed by atoms with Gasteiger partial charge in [-0.05, 0) is 18.1 Å². The third kappa shape index (κ3) is 3.41. The van der Waals surface area contributed by atoms with Crippen LogP contribution in [-0.4, -0.2) is 34.8 Å². The predicted molar refractivity (Wildman–Crippen MR) is 89.1 cm³/mol. The molecule has 24 heavy (non-hydrogen) atoms. The molecule has 0 spiro atoms. The summed E-state index contributed by atoms with van der Waals surface area (Å²) >= 11 is 0. The Labute approximate surface area is 138 Å². The van der Waals surface area contributed by atoms with Crippen LogP contribution in [0.2, 0.25) is 0 Å². The minimum atomic E-state index is -0.558. The molecule has 3 rings (SSSR count). The standard InChI is InChI=1S/C17H18N4O3/c1-17(10-24-9-15(18)21-17)12-4-2-3-11(5-12)6-14(22)13-7-20-16(23)8-19-13/h2-5,7-8H,6,9-10H2,1H3,(H2,18,21)(H,20,23). The lowest BCUT2D eigenvalue weighted by molar-refractivity contribution is 0.0987. The van der Waals surface area contributed by atoms with Crippen LogP contribution in [0.1, 0.15) is 28.5 Å². The number of aromatic amines is 1. The number of aliphatic imine (C=N–C) groups is 1. The maximum atomic E-state index is 12.3. The summed E-state index contributed by atoms with van der Waals surface area (Å²) < 4.78 is 5.49. The Morgan fingerprint density at radius 2 is 2.29 bits per heavy atom. The van der Waals surface area contributed by atoms with Crippen molar-refractivity contribution in [3.05, 3.63) is 63.8 Å². The van der Waals surface area contributed by atoms with Gasteiger partial charge in [0.15, 0.2) is 5.78 Å². The molecule has 1 aliphatic heterocycles. The van der Waals surface area contributed by atoms with Crippen LogP contribution in [0.3, 0.4) is 0 Å². The zero-order chi connectivity index (χ0) is 17.2. The summed E-state index contributed by atoms with van der Waals surface area (Å²) in [5.41, 5.74) is 6.90. The predicted octanol–water partition coefficient (Wildman–Crippen LogP) is 0.798. The van der Waals surface area contributed by atoms with Crippen molar-refractivity contribution in [1.29, 1.82) is 0 Å². The van der Waals surface area contributed by atoms with Gasteiger partial charge in [0.2, 0.25) is 0 Å². The van der Waals surface area contributed by atoms with Crippen LogP contribution >= 0.6 is 0 Å². The second kappa shape index (κ2) is 6.37. The first-order valence-corrected chi connectivity index (χ1v) is 7.55. The topological polar surface area (TPSA) is 110 Å². The van der Waals surface area contributed by atoms with Crippen LogP contribution in [0.4, 0.5) is 0 Å². The van der Waals surface area contributed by atoms with Gasteiger partial charge in [-0.3, -0.25) is 14.6 Å². The van der Waals surface area contributed by atoms with Gasteiger partial charge in [-0.15, -0.1) is 0 Å². The number of hydrogen-bond acceptors (Lipinski definition) is 6. The third-order valence-corrected chi connectivity index (χ3v) is 3.89. The fraction of sp³-hybridized carbons (Fsp3) is 0.294. The molecule has 1 aromatic heterocycles. The molecule has 0 saturated carbocycles. The molecule has 1 unspecified atom stereocenters. The number of carbonyl (C=O) groups is 1. The van der Waals surface area contributed by atoms with Crippen molar-refractivity contribution >= 4 is 11.6 Å². The van der Waals surface area contributed by atoms with Crippen molar-refractivity contribution < 1.29 is 9.53 Å². The van der Waals surface area contributed by atoms with Gasteiger partial charge < -0.3 is 15.5 Å². The number of nitrogens with two attached hydrogens (primary N) is 1. The fourth-order valence-electron chi connectivity index (χ4n) is 2.67. The second-order valence-corrected chi connectivity index (χ2v) is 5.97. The number of hydrogen-bond donors (Lipinski definition) is 2. The minimum absolute atomic E-state index is 0.170. The highest BCUT2D eigenvalue weighted by molar-refractivity contribution is 5.95. The van der Waals surface area contributed by atoms with Crippen molar-refractivity contribution in [1.82, 2.24) is 9.97 Å². The van der Waals surface area contributed by atoms with Crippen LogP contribution in [0.15, 0.2) is 46.4 Å². The number of nitrogens with zero attached hydrogens (tertiary/aromatic N) is 2. The summed E-state index contributed by atoms with van der Waals surface area (Å²) in [6.45, 7) is 2.72. The summed E-state index contributed by atoms with van der Waals surface area (Å²) in [5.74, 6) is 0.291. The van der Waals surface area contributed by atoms with Crippen molar-refractivity contribution in [2.45, 2.75) is 18.9 Å². The number of benzene rings is 1. The highest BCUT2D eigenvalue weighted by atomic mass is 16.5. The van der Waals surface area contributed by atoms with Gasteiger partial charge in [0.1, 0.15) is 23.7 Å². The van der Waals surface area contributed by atoms with Crippen LogP contribution in [-0.2, 0) is 16.7 Å². The van der Waals surface area contributed by atoms with Crippen LogP contribution in [0, 0.1) is 0 Å². The summed E-state index contributed by atoms with van der Waals surface area (Å²) in [5, 5.41) is 0. The lowest BCUT2D eigenvalue weighted by atomic mass is 9.90. The Morgan fingerprint density at radius 3 is 3.00 bits per heavy atom. The minimum Gasteiger partial charge on any atom is -0.386 e. The van der Waals surface area contributed by atoms with E-state index >= 15 is 0 Å². The normalized spacial score (nSPS) is 20.5. The molecule has 2 heterocycles. The number of ether oxygens (including phenoxy) is 1. The molecule has 1 aliphatic rings. The quantitative estimate of drug-likeness (QED) is 0.807. The van der Waals surface area contributed by atoms with Gasteiger partial charge in [0.05, 0.1) is 12.8 Å². The molecule has 2 aromatic rings. The monoisotopic (exact) mass is 326 g/mol. The van der Waals surface area contributed by atoms with Crippen molar-refractivity contribution in [2.24, 2.45) is 10.7 Å². The van der Waals surface area contributed by atoms with Crippen molar-refractivity contribution in [3.8, 4) is 0 Å². The van der Waals surface area contributed by atoms with Crippen LogP contribution in [0.5, 0.6) is 0 Å². The third-order valence-electron chi connectivity index (χ3n) is 3.89. The molecule has 0 amide bonds. The SMILES string of the molecule is CC1(c2cccc(CC(=O)c3c[nH]c(=O)cn3)c2)COCC(N)=N1. The molecular weight excluding hydrogens is 308 g/mol. The molecule has 0 saturated heterocycles. The number of Topliss-reactive ketones (excluding diaryl/α,β-unsaturated/α-hetero) is 1. The average Bonchev–Trinajstić information content (AvgIpc) is 2.55. The number of aromatic nitrogens is 2. The van der Waals surface area contributed by atoms with Crippen molar-refractivity contribution in [2.75, 3.05) is 13.2 Å². The summed E-state index contributed by atoms with van der Waals surface area (Å²) in [6, 6.07) is 7.61. The maximum absolute atomic E-state index is 12.3. The molecule has 0 bridgehead atoms. The second-order valence-electron chi connectivity index (χ2n) is 5.97. The number of nitrogens with one attached hydrogen (secondary N) is 1. The summed E-state index contributed by atoms with van der Waals surface area (Å²) in [7, 11) is 0. The number of ketones is 1. The average molecular weight is 326 g/mol. The van der Waals surface area contributed by atoms with E-state index in [-0.39, 0.29) is 23.5 Å². The molecule has 3 N–H and O–H groups in total. The van der Waals surface area contributed by atoms with Gasteiger partial charge in [0.25, 0.3) is 5.56 Å². The fourth-order valence-corrected chi connectivity index (χ4v) is 2.67. The van der Waals surface area contributed by atoms with E-state index in [2.05, 4.69) is 15.0 Å². The Bertz CT molecular complexity index is 838. The molecule has 1 atom stereocenters. The van der Waals surface area contributed by atoms with Gasteiger partial charge in [0, 0.05) is 12.6 Å². The number of carbonyl (C=O) groups excluding carboxylic acids is 1. The molecule has 0 radical (unpaired) electrons. The van der Waals surface area contributed by atoms with Crippen molar-refractivity contribution in [3.63, 3.8) is 0 Å². The largest absolute Gasteiger partial charge is 0.386 e. The Kier molecular flexibility index (Phi) is 4.26. The first-order valence-electron chi connectivity index (χ1n) is 7.55. The highest BCUT2D eigenvalue weighted by Gasteiger charge is 2.30. The van der Waals surface area contributed by atoms with Gasteiger partial charge in [-0.1, -0.05) is 24.3 Å². The lowest BCUT2D eigenvalue weighted by Crippen LogP contribution is -2.37. The first kappa shape index (κ1) is 16.1. The van der Waals surface area contributed by atoms with E-state index in [1.807, 2.05) is 31.2 Å². The molecule has 0 fully saturated rings. The maximum Gasteiger partial charge on any atom is 0.266 e. The van der Waals surface area contributed by atoms with E-state index in [1.165, 1.54) is 6.20 Å². The number of H-pyrrole nitrogens is 1. The smallest absolute Gasteiger partial charge is 0.266 e. The summed E-state index contributed by atoms with van der Waals surface area (Å²) in [4.78, 5) is 34.1. The Hall–Kier alpha value is -2.80. The van der Waals surface area contributed by atoms with E-state index in [4.69, 9.17) is 10.5 Å². The van der Waals surface area contributed by atoms with E-state index in [9.17, 15) is 9.59 Å². The zero-order valence-electron chi connectivity index (χ0n) is 13.3. The van der Waals surface area contributed by atoms with Gasteiger partial charge in [-0.2, -0.15) is 0 Å². The number of amidine groups is 1. The van der Waals surface area contributed by atoms with Gasteiger partial charge in [-0.25, -0.2) is 4.98 Å². The first-order chi connectivity index (χ1) is 11.5. The van der Waals surface area contributed by atoms with E-state index < -0.39 is 5.54 Å². The Balaban J connectivity index is 1.83. The highest BCUT2D eigenvalue weighted by Crippen LogP contribution is 2.29. The molecular formula is C17H18N4O3. The summed E-state index contributed by atoms with van der Waals surface area (Å²) in [6.07, 6.45) is 2.61. The molecule has 0 aliphatic carbocycles. The molecule has 7 heteroatoms.